The Kier molecular flexibility index (Phi) is 2.60. The summed E-state index contributed by atoms with van der Waals surface area (Å²) in [5.74, 6) is 0.860. The first kappa shape index (κ1) is 12.5. The largest absolute Gasteiger partial charge is 0.481 e. The molecule has 2 aliphatic rings. The maximum absolute atomic E-state index is 11.3. The van der Waals surface area contributed by atoms with Gasteiger partial charge < -0.3 is 5.11 Å². The van der Waals surface area contributed by atoms with E-state index in [2.05, 4.69) is 27.7 Å². The van der Waals surface area contributed by atoms with E-state index in [-0.39, 0.29) is 0 Å². The molecule has 1 heterocycles. The van der Waals surface area contributed by atoms with Crippen molar-refractivity contribution in [1.29, 1.82) is 0 Å². The van der Waals surface area contributed by atoms with Gasteiger partial charge in [-0.15, -0.1) is 5.10 Å². The predicted molar refractivity (Wildman–Crippen MR) is 73.7 cm³/mol. The molecule has 6 nitrogen and oxygen atoms in total. The van der Waals surface area contributed by atoms with Gasteiger partial charge in [0.15, 0.2) is 5.82 Å². The van der Waals surface area contributed by atoms with Crippen LogP contribution >= 0.6 is 0 Å². The fourth-order valence-electron chi connectivity index (χ4n) is 3.02. The predicted octanol–water partition coefficient (Wildman–Crippen LogP) is 1.81. The van der Waals surface area contributed by atoms with Crippen molar-refractivity contribution in [2.75, 3.05) is 0 Å². The summed E-state index contributed by atoms with van der Waals surface area (Å²) < 4.78 is 1.70. The Labute approximate surface area is 121 Å². The summed E-state index contributed by atoms with van der Waals surface area (Å²) in [6.07, 6.45) is 2.47. The van der Waals surface area contributed by atoms with Crippen molar-refractivity contribution in [3.8, 4) is 0 Å². The summed E-state index contributed by atoms with van der Waals surface area (Å²) in [5, 5.41) is 21.2. The molecule has 2 unspecified atom stereocenters. The Morgan fingerprint density at radius 1 is 1.29 bits per heavy atom. The number of hydrogen-bond donors (Lipinski definition) is 1. The summed E-state index contributed by atoms with van der Waals surface area (Å²) in [6, 6.07) is 10.3. The van der Waals surface area contributed by atoms with Crippen molar-refractivity contribution in [3.05, 3.63) is 41.7 Å². The normalized spacial score (nSPS) is 25.5. The van der Waals surface area contributed by atoms with E-state index in [4.69, 9.17) is 0 Å². The van der Waals surface area contributed by atoms with E-state index in [1.165, 1.54) is 5.56 Å². The van der Waals surface area contributed by atoms with Crippen LogP contribution in [0.4, 0.5) is 0 Å². The van der Waals surface area contributed by atoms with Crippen LogP contribution < -0.4 is 0 Å². The highest BCUT2D eigenvalue weighted by Crippen LogP contribution is 2.54. The molecule has 2 fully saturated rings. The van der Waals surface area contributed by atoms with Crippen LogP contribution in [-0.2, 0) is 11.3 Å². The van der Waals surface area contributed by atoms with Crippen LogP contribution in [-0.4, -0.2) is 31.3 Å². The summed E-state index contributed by atoms with van der Waals surface area (Å²) >= 11 is 0. The zero-order valence-electron chi connectivity index (χ0n) is 11.5. The van der Waals surface area contributed by atoms with Gasteiger partial charge in [-0.3, -0.25) is 4.79 Å². The van der Waals surface area contributed by atoms with Gasteiger partial charge in [0, 0.05) is 5.92 Å². The lowest BCUT2D eigenvalue weighted by atomic mass is 10.1. The molecule has 0 amide bonds. The van der Waals surface area contributed by atoms with Crippen LogP contribution in [0.25, 0.3) is 0 Å². The van der Waals surface area contributed by atoms with Crippen molar-refractivity contribution in [2.24, 2.45) is 5.41 Å². The molecule has 21 heavy (non-hydrogen) atoms. The summed E-state index contributed by atoms with van der Waals surface area (Å²) in [7, 11) is 0. The standard InChI is InChI=1S/C15H16N4O2/c20-14(21)15(6-7-15)9-19-13(16-17-18-19)12-8-11(12)10-4-2-1-3-5-10/h1-5,11-12H,6-9H2,(H,20,21). The molecule has 6 heteroatoms. The number of tetrazole rings is 1. The number of carboxylic acids is 1. The highest BCUT2D eigenvalue weighted by molar-refractivity contribution is 5.77. The molecule has 2 atom stereocenters. The second kappa shape index (κ2) is 4.38. The monoisotopic (exact) mass is 284 g/mol. The first-order valence-corrected chi connectivity index (χ1v) is 7.24. The Morgan fingerprint density at radius 3 is 2.71 bits per heavy atom. The Balaban J connectivity index is 1.53. The Morgan fingerprint density at radius 2 is 2.05 bits per heavy atom. The smallest absolute Gasteiger partial charge is 0.311 e. The molecule has 2 aliphatic carbocycles. The van der Waals surface area contributed by atoms with Crippen LogP contribution in [0.1, 0.15) is 42.5 Å². The minimum atomic E-state index is -0.737. The molecule has 1 aromatic heterocycles. The van der Waals surface area contributed by atoms with Gasteiger partial charge in [0.25, 0.3) is 0 Å². The lowest BCUT2D eigenvalue weighted by molar-refractivity contribution is -0.144. The van der Waals surface area contributed by atoms with Gasteiger partial charge in [0.1, 0.15) is 0 Å². The number of carboxylic acid groups (broad SMARTS) is 1. The molecule has 1 N–H and O–H groups in total. The number of hydrogen-bond acceptors (Lipinski definition) is 4. The molecule has 108 valence electrons. The average molecular weight is 284 g/mol. The lowest BCUT2D eigenvalue weighted by Crippen LogP contribution is -2.23. The first-order chi connectivity index (χ1) is 10.2. The maximum Gasteiger partial charge on any atom is 0.311 e. The van der Waals surface area contributed by atoms with E-state index in [0.29, 0.717) is 31.2 Å². The van der Waals surface area contributed by atoms with E-state index in [9.17, 15) is 9.90 Å². The van der Waals surface area contributed by atoms with Crippen LogP contribution in [0.15, 0.2) is 30.3 Å². The minimum Gasteiger partial charge on any atom is -0.481 e. The van der Waals surface area contributed by atoms with Crippen molar-refractivity contribution >= 4 is 5.97 Å². The Hall–Kier alpha value is -2.24. The molecule has 0 bridgehead atoms. The zero-order chi connectivity index (χ0) is 14.4. The molecule has 0 saturated heterocycles. The van der Waals surface area contributed by atoms with Gasteiger partial charge in [-0.05, 0) is 41.2 Å². The fourth-order valence-corrected chi connectivity index (χ4v) is 3.02. The van der Waals surface area contributed by atoms with E-state index in [0.717, 1.165) is 12.2 Å². The number of benzene rings is 1. The molecule has 4 rings (SSSR count). The van der Waals surface area contributed by atoms with Gasteiger partial charge in [0.2, 0.25) is 0 Å². The van der Waals surface area contributed by atoms with E-state index in [1.54, 1.807) is 4.68 Å². The number of aromatic nitrogens is 4. The van der Waals surface area contributed by atoms with Crippen LogP contribution in [0.3, 0.4) is 0 Å². The van der Waals surface area contributed by atoms with Crippen LogP contribution in [0, 0.1) is 5.41 Å². The summed E-state index contributed by atoms with van der Waals surface area (Å²) in [6.45, 7) is 0.392. The molecule has 2 saturated carbocycles. The van der Waals surface area contributed by atoms with Crippen molar-refractivity contribution < 1.29 is 9.90 Å². The molecule has 0 aliphatic heterocycles. The molecule has 0 spiro atoms. The van der Waals surface area contributed by atoms with Crippen molar-refractivity contribution in [3.63, 3.8) is 0 Å². The third-order valence-corrected chi connectivity index (χ3v) is 4.67. The third-order valence-electron chi connectivity index (χ3n) is 4.67. The second-order valence-corrected chi connectivity index (χ2v) is 6.14. The second-order valence-electron chi connectivity index (χ2n) is 6.14. The number of rotatable bonds is 5. The summed E-state index contributed by atoms with van der Waals surface area (Å²) in [4.78, 5) is 11.3. The minimum absolute atomic E-state index is 0.312. The van der Waals surface area contributed by atoms with Crippen molar-refractivity contribution in [1.82, 2.24) is 20.2 Å². The molecule has 1 aromatic carbocycles. The Bertz CT molecular complexity index is 678. The van der Waals surface area contributed by atoms with Gasteiger partial charge >= 0.3 is 5.97 Å². The first-order valence-electron chi connectivity index (χ1n) is 7.24. The molecule has 0 radical (unpaired) electrons. The van der Waals surface area contributed by atoms with E-state index in [1.807, 2.05) is 18.2 Å². The number of carbonyl (C=O) groups is 1. The highest BCUT2D eigenvalue weighted by Gasteiger charge is 2.52. The van der Waals surface area contributed by atoms with Crippen LogP contribution in [0.5, 0.6) is 0 Å². The lowest BCUT2D eigenvalue weighted by Gasteiger charge is -2.10. The van der Waals surface area contributed by atoms with Gasteiger partial charge in [-0.2, -0.15) is 0 Å². The third kappa shape index (κ3) is 2.11. The van der Waals surface area contributed by atoms with E-state index < -0.39 is 11.4 Å². The maximum atomic E-state index is 11.3. The van der Waals surface area contributed by atoms with E-state index >= 15 is 0 Å². The fraction of sp³-hybridized carbons (Fsp3) is 0.467. The number of nitrogens with zero attached hydrogens (tertiary/aromatic N) is 4. The van der Waals surface area contributed by atoms with Gasteiger partial charge in [-0.1, -0.05) is 30.3 Å². The zero-order valence-corrected chi connectivity index (χ0v) is 11.5. The number of aliphatic carboxylic acids is 1. The quantitative estimate of drug-likeness (QED) is 0.905. The van der Waals surface area contributed by atoms with Gasteiger partial charge in [0.05, 0.1) is 12.0 Å². The average Bonchev–Trinajstić information content (AvgIpc) is 3.39. The van der Waals surface area contributed by atoms with Crippen molar-refractivity contribution in [2.45, 2.75) is 37.6 Å². The molecular weight excluding hydrogens is 268 g/mol. The van der Waals surface area contributed by atoms with Gasteiger partial charge in [-0.25, -0.2) is 4.68 Å². The molecule has 2 aromatic rings. The molecular formula is C15H16N4O2. The SMILES string of the molecule is O=C(O)C1(Cn2nnnc2C2CC2c2ccccc2)CC1. The summed E-state index contributed by atoms with van der Waals surface area (Å²) in [5.41, 5.74) is 0.665. The topological polar surface area (TPSA) is 80.9 Å². The van der Waals surface area contributed by atoms with Crippen LogP contribution in [0.2, 0.25) is 0 Å². The highest BCUT2D eigenvalue weighted by atomic mass is 16.4.